The Balaban J connectivity index is 1.02. The molecular weight excluding hydrogens is 608 g/mol. The highest BCUT2D eigenvalue weighted by Crippen LogP contribution is 2.89. The minimum Gasteiger partial charge on any atom is -0.457 e. The van der Waals surface area contributed by atoms with E-state index in [9.17, 15) is 19.8 Å². The van der Waals surface area contributed by atoms with Gasteiger partial charge in [0.05, 0.1) is 37.8 Å². The quantitative estimate of drug-likeness (QED) is 0.309. The van der Waals surface area contributed by atoms with Gasteiger partial charge in [0.25, 0.3) is 0 Å². The topological polar surface area (TPSA) is 112 Å². The molecule has 0 radical (unpaired) electrons. The zero-order chi connectivity index (χ0) is 33.7. The molecule has 1 aromatic carbocycles. The average molecular weight is 659 g/mol. The van der Waals surface area contributed by atoms with Crippen LogP contribution in [0.2, 0.25) is 0 Å². The van der Waals surface area contributed by atoms with Crippen molar-refractivity contribution in [2.45, 2.75) is 109 Å². The maximum Gasteiger partial charge on any atom is 0.314 e. The van der Waals surface area contributed by atoms with E-state index in [2.05, 4.69) is 63.3 Å². The first-order chi connectivity index (χ1) is 22.7. The second kappa shape index (κ2) is 9.62. The summed E-state index contributed by atoms with van der Waals surface area (Å²) in [6.07, 6.45) is 11.0. The lowest BCUT2D eigenvalue weighted by Crippen LogP contribution is -2.64. The summed E-state index contributed by atoms with van der Waals surface area (Å²) in [5, 5.41) is 24.3. The molecule has 0 amide bonds. The molecule has 3 saturated heterocycles. The Hall–Kier alpha value is -2.52. The summed E-state index contributed by atoms with van der Waals surface area (Å²) < 4.78 is 24.1. The van der Waals surface area contributed by atoms with Crippen LogP contribution in [0.25, 0.3) is 0 Å². The van der Waals surface area contributed by atoms with E-state index >= 15 is 0 Å². The monoisotopic (exact) mass is 658 g/mol. The van der Waals surface area contributed by atoms with E-state index in [1.165, 1.54) is 18.1 Å². The highest BCUT2D eigenvalue weighted by Gasteiger charge is 2.86. The van der Waals surface area contributed by atoms with Crippen LogP contribution in [0.5, 0.6) is 0 Å². The maximum atomic E-state index is 13.7. The molecule has 0 aromatic heterocycles. The Morgan fingerprint density at radius 3 is 2.56 bits per heavy atom. The summed E-state index contributed by atoms with van der Waals surface area (Å²) in [5.74, 6) is -2.79. The van der Waals surface area contributed by atoms with Gasteiger partial charge in [-0.05, 0) is 85.0 Å². The first-order valence-electron chi connectivity index (χ1n) is 18.2. The van der Waals surface area contributed by atoms with Crippen molar-refractivity contribution in [3.05, 3.63) is 59.7 Å². The van der Waals surface area contributed by atoms with Gasteiger partial charge in [-0.25, -0.2) is 0 Å². The van der Waals surface area contributed by atoms with E-state index in [4.69, 9.17) is 18.9 Å². The summed E-state index contributed by atoms with van der Waals surface area (Å²) in [4.78, 5) is 25.5. The molecule has 258 valence electrons. The summed E-state index contributed by atoms with van der Waals surface area (Å²) in [6.45, 7) is 11.0. The van der Waals surface area contributed by atoms with Crippen LogP contribution >= 0.6 is 0 Å². The first-order valence-corrected chi connectivity index (χ1v) is 18.2. The number of aliphatic hydroxyl groups is 2. The number of rotatable bonds is 3. The summed E-state index contributed by atoms with van der Waals surface area (Å²) in [7, 11) is 0. The van der Waals surface area contributed by atoms with Crippen LogP contribution in [0.15, 0.2) is 54.1 Å². The molecule has 1 unspecified atom stereocenters. The molecule has 8 heteroatoms. The minimum atomic E-state index is -1.51. The lowest BCUT2D eigenvalue weighted by molar-refractivity contribution is -0.220. The van der Waals surface area contributed by atoms with Crippen molar-refractivity contribution < 1.29 is 38.7 Å². The van der Waals surface area contributed by atoms with Crippen LogP contribution in [0, 0.1) is 50.7 Å². The molecule has 14 atom stereocenters. The van der Waals surface area contributed by atoms with E-state index in [0.717, 1.165) is 38.5 Å². The molecule has 1 spiro atoms. The first kappa shape index (κ1) is 31.5. The van der Waals surface area contributed by atoms with Crippen molar-refractivity contribution in [1.82, 2.24) is 0 Å². The normalized spacial score (nSPS) is 54.4. The second-order valence-electron chi connectivity index (χ2n) is 17.9. The van der Waals surface area contributed by atoms with Crippen LogP contribution < -0.4 is 0 Å². The van der Waals surface area contributed by atoms with Crippen LogP contribution in [0.1, 0.15) is 91.2 Å². The van der Waals surface area contributed by atoms with E-state index in [0.29, 0.717) is 6.61 Å². The molecule has 3 saturated carbocycles. The van der Waals surface area contributed by atoms with Crippen molar-refractivity contribution in [3.63, 3.8) is 0 Å². The molecular formula is C40H50O8. The fourth-order valence-electron chi connectivity index (χ4n) is 13.5. The van der Waals surface area contributed by atoms with Crippen LogP contribution in [-0.2, 0) is 28.5 Å². The lowest BCUT2D eigenvalue weighted by Gasteiger charge is -2.67. The average Bonchev–Trinajstić information content (AvgIpc) is 3.34. The number of hydrogen-bond donors (Lipinski definition) is 2. The fraction of sp³-hybridized carbons (Fsp3) is 0.700. The van der Waals surface area contributed by atoms with E-state index in [-0.39, 0.29) is 64.0 Å². The third-order valence-corrected chi connectivity index (χ3v) is 15.7. The molecule has 6 fully saturated rings. The van der Waals surface area contributed by atoms with Gasteiger partial charge in [0.1, 0.15) is 11.7 Å². The smallest absolute Gasteiger partial charge is 0.314 e. The zero-order valence-electron chi connectivity index (χ0n) is 28.9. The Morgan fingerprint density at radius 1 is 1.04 bits per heavy atom. The molecule has 9 rings (SSSR count). The van der Waals surface area contributed by atoms with Gasteiger partial charge < -0.3 is 29.2 Å². The number of allylic oxidation sites excluding steroid dienone is 3. The van der Waals surface area contributed by atoms with Crippen molar-refractivity contribution in [3.8, 4) is 0 Å². The Labute approximate surface area is 283 Å². The number of benzene rings is 1. The van der Waals surface area contributed by atoms with Gasteiger partial charge in [0.2, 0.25) is 5.79 Å². The summed E-state index contributed by atoms with van der Waals surface area (Å²) >= 11 is 0. The third-order valence-electron chi connectivity index (χ3n) is 15.7. The van der Waals surface area contributed by atoms with Gasteiger partial charge >= 0.3 is 11.9 Å². The SMILES string of the molecule is CC(=O)O[C@@]1(C)CO[C@@]2(C1)OC(=O)[C@@H]([C@@H]1CC[C@]34C[C@]13C=C[C@@H]1[C@@]3(C)CC=C5C[C@@H](c6ccccc6)OC[C@]5(C)[C@@H]3CC(O)[C@]14C)[C@H]2O. The molecule has 8 aliphatic rings. The molecule has 48 heavy (non-hydrogen) atoms. The molecule has 8 nitrogen and oxygen atoms in total. The van der Waals surface area contributed by atoms with Crippen molar-refractivity contribution in [1.29, 1.82) is 0 Å². The van der Waals surface area contributed by atoms with Crippen molar-refractivity contribution in [2.75, 3.05) is 13.2 Å². The largest absolute Gasteiger partial charge is 0.457 e. The van der Waals surface area contributed by atoms with Crippen molar-refractivity contribution >= 4 is 11.9 Å². The molecule has 3 heterocycles. The molecule has 0 bridgehead atoms. The van der Waals surface area contributed by atoms with Gasteiger partial charge in [-0.3, -0.25) is 9.59 Å². The van der Waals surface area contributed by atoms with Crippen LogP contribution in [-0.4, -0.2) is 59.0 Å². The Morgan fingerprint density at radius 2 is 1.81 bits per heavy atom. The predicted octanol–water partition coefficient (Wildman–Crippen LogP) is 5.82. The number of carbonyl (C=O) groups excluding carboxylic acids is 2. The predicted molar refractivity (Wildman–Crippen MR) is 175 cm³/mol. The van der Waals surface area contributed by atoms with Crippen LogP contribution in [0.3, 0.4) is 0 Å². The van der Waals surface area contributed by atoms with E-state index < -0.39 is 41.5 Å². The number of esters is 2. The number of fused-ring (bicyclic) bond motifs is 5. The van der Waals surface area contributed by atoms with E-state index in [1.807, 2.05) is 6.07 Å². The fourth-order valence-corrected chi connectivity index (χ4v) is 13.5. The summed E-state index contributed by atoms with van der Waals surface area (Å²) in [6, 6.07) is 10.5. The second-order valence-corrected chi connectivity index (χ2v) is 17.9. The third kappa shape index (κ3) is 3.66. The standard InChI is InChI=1S/C40H50O8/c1-23(41)47-34(2)19-40(46-21-34)32(43)31(33(44)48-40)26-12-16-39-20-38(26,39)15-13-28-35(3)14-11-25-17-27(24-9-7-6-8-10-24)45-22-36(25,4)29(35)18-30(42)37(28,39)5/h6-11,13,15,26-32,42-43H,12,14,16-22H2,1-5H3/t26-,27-,28+,29+,30?,31-,32+,34+,35+,36-,37-,38+,39+,40-/m0/s1. The highest BCUT2D eigenvalue weighted by atomic mass is 16.8. The number of aliphatic hydroxyl groups excluding tert-OH is 2. The van der Waals surface area contributed by atoms with Crippen LogP contribution in [0.4, 0.5) is 0 Å². The summed E-state index contributed by atoms with van der Waals surface area (Å²) in [5.41, 5.74) is 0.726. The highest BCUT2D eigenvalue weighted by molar-refractivity contribution is 5.77. The Bertz CT molecular complexity index is 1640. The van der Waals surface area contributed by atoms with Gasteiger partial charge in [0, 0.05) is 17.8 Å². The molecule has 3 aliphatic heterocycles. The minimum absolute atomic E-state index is 0.0536. The van der Waals surface area contributed by atoms with Gasteiger partial charge in [-0.1, -0.05) is 74.9 Å². The maximum absolute atomic E-state index is 13.7. The number of hydrogen-bond acceptors (Lipinski definition) is 8. The Kier molecular flexibility index (Phi) is 6.31. The number of ether oxygens (including phenoxy) is 4. The zero-order valence-corrected chi connectivity index (χ0v) is 28.9. The van der Waals surface area contributed by atoms with Gasteiger partial charge in [0.15, 0.2) is 0 Å². The number of carbonyl (C=O) groups is 2. The molecule has 1 aromatic rings. The van der Waals surface area contributed by atoms with Gasteiger partial charge in [-0.15, -0.1) is 0 Å². The lowest BCUT2D eigenvalue weighted by atomic mass is 9.38. The van der Waals surface area contributed by atoms with Gasteiger partial charge in [-0.2, -0.15) is 0 Å². The molecule has 5 aliphatic carbocycles. The van der Waals surface area contributed by atoms with Crippen molar-refractivity contribution in [2.24, 2.45) is 50.7 Å². The van der Waals surface area contributed by atoms with E-state index in [1.54, 1.807) is 6.92 Å². The molecule has 2 N–H and O–H groups in total.